The Balaban J connectivity index is 1.61. The van der Waals surface area contributed by atoms with Crippen LogP contribution in [0.25, 0.3) is 0 Å². The summed E-state index contributed by atoms with van der Waals surface area (Å²) in [5.74, 6) is 0. The fourth-order valence-corrected chi connectivity index (χ4v) is 3.55. The molecule has 1 saturated heterocycles. The maximum atomic E-state index is 10.4. The molecule has 3 atom stereocenters. The summed E-state index contributed by atoms with van der Waals surface area (Å²) in [6, 6.07) is 20.2. The van der Waals surface area contributed by atoms with E-state index in [1.54, 1.807) is 0 Å². The molecule has 134 valence electrons. The minimum atomic E-state index is -0.532. The van der Waals surface area contributed by atoms with Crippen LogP contribution in [0.2, 0.25) is 0 Å². The maximum Gasteiger partial charge on any atom is 0.126 e. The number of hydrogen-bond donors (Lipinski definition) is 3. The molecule has 4 heteroatoms. The Morgan fingerprint density at radius 2 is 1.60 bits per heavy atom. The number of hydrogen-bond acceptors (Lipinski definition) is 3. The highest BCUT2D eigenvalue weighted by Gasteiger charge is 2.24. The van der Waals surface area contributed by atoms with Crippen molar-refractivity contribution in [2.75, 3.05) is 26.2 Å². The zero-order chi connectivity index (χ0) is 17.5. The lowest BCUT2D eigenvalue weighted by Crippen LogP contribution is -3.15. The lowest BCUT2D eigenvalue weighted by atomic mass is 10.0. The third-order valence-corrected chi connectivity index (χ3v) is 4.78. The number of aliphatic hydroxyl groups is 2. The number of aliphatic hydroxyl groups excluding tert-OH is 2. The Morgan fingerprint density at radius 3 is 2.16 bits per heavy atom. The molecule has 1 aliphatic rings. The van der Waals surface area contributed by atoms with Gasteiger partial charge in [0.2, 0.25) is 0 Å². The number of ether oxygens (including phenoxy) is 1. The summed E-state index contributed by atoms with van der Waals surface area (Å²) in [4.78, 5) is 1.26. The lowest BCUT2D eigenvalue weighted by molar-refractivity contribution is -0.911. The summed E-state index contributed by atoms with van der Waals surface area (Å²) in [5, 5.41) is 20.2. The summed E-state index contributed by atoms with van der Waals surface area (Å²) in [7, 11) is 0. The van der Waals surface area contributed by atoms with Crippen molar-refractivity contribution in [1.82, 2.24) is 0 Å². The molecule has 3 unspecified atom stereocenters. The molecule has 0 bridgehead atoms. The number of piperidine rings is 1. The van der Waals surface area contributed by atoms with Gasteiger partial charge in [-0.05, 0) is 24.0 Å². The van der Waals surface area contributed by atoms with E-state index < -0.39 is 6.10 Å². The molecule has 1 fully saturated rings. The van der Waals surface area contributed by atoms with Crippen LogP contribution >= 0.6 is 0 Å². The van der Waals surface area contributed by atoms with Crippen molar-refractivity contribution >= 4 is 0 Å². The maximum absolute atomic E-state index is 10.4. The third-order valence-electron chi connectivity index (χ3n) is 4.78. The van der Waals surface area contributed by atoms with Gasteiger partial charge in [-0.3, -0.25) is 0 Å². The minimum Gasteiger partial charge on any atom is -0.387 e. The highest BCUT2D eigenvalue weighted by molar-refractivity contribution is 5.29. The highest BCUT2D eigenvalue weighted by atomic mass is 16.5. The Kier molecular flexibility index (Phi) is 6.59. The predicted octanol–water partition coefficient (Wildman–Crippen LogP) is 1.19. The summed E-state index contributed by atoms with van der Waals surface area (Å²) in [5.41, 5.74) is 2.17. The molecule has 0 amide bonds. The van der Waals surface area contributed by atoms with Gasteiger partial charge in [-0.1, -0.05) is 60.7 Å². The second-order valence-corrected chi connectivity index (χ2v) is 6.89. The number of nitrogens with one attached hydrogen (secondary N) is 1. The molecule has 2 aromatic rings. The molecule has 0 saturated carbocycles. The van der Waals surface area contributed by atoms with E-state index in [9.17, 15) is 10.2 Å². The molecule has 4 nitrogen and oxygen atoms in total. The van der Waals surface area contributed by atoms with Crippen LogP contribution in [0.5, 0.6) is 0 Å². The third kappa shape index (κ3) is 5.38. The van der Waals surface area contributed by atoms with Gasteiger partial charge >= 0.3 is 0 Å². The second-order valence-electron chi connectivity index (χ2n) is 6.89. The second kappa shape index (κ2) is 9.11. The monoisotopic (exact) mass is 342 g/mol. The van der Waals surface area contributed by atoms with E-state index in [0.29, 0.717) is 6.54 Å². The summed E-state index contributed by atoms with van der Waals surface area (Å²) in [6.07, 6.45) is 0.938. The first-order valence-electron chi connectivity index (χ1n) is 9.13. The van der Waals surface area contributed by atoms with Crippen molar-refractivity contribution in [2.45, 2.75) is 31.2 Å². The first-order chi connectivity index (χ1) is 12.2. The van der Waals surface area contributed by atoms with Crippen LogP contribution in [0.4, 0.5) is 0 Å². The van der Waals surface area contributed by atoms with Crippen LogP contribution in [-0.4, -0.2) is 48.7 Å². The van der Waals surface area contributed by atoms with Crippen LogP contribution in [-0.2, 0) is 4.74 Å². The van der Waals surface area contributed by atoms with Crippen molar-refractivity contribution in [2.24, 2.45) is 0 Å². The van der Waals surface area contributed by atoms with E-state index in [1.165, 1.54) is 4.90 Å². The summed E-state index contributed by atoms with van der Waals surface area (Å²) >= 11 is 0. The highest BCUT2D eigenvalue weighted by Crippen LogP contribution is 2.25. The molecule has 2 aromatic carbocycles. The predicted molar refractivity (Wildman–Crippen MR) is 97.5 cm³/mol. The first-order valence-corrected chi connectivity index (χ1v) is 9.13. The zero-order valence-corrected chi connectivity index (χ0v) is 14.6. The van der Waals surface area contributed by atoms with Crippen molar-refractivity contribution in [3.05, 3.63) is 71.8 Å². The average molecular weight is 342 g/mol. The fraction of sp³-hybridized carbons (Fsp3) is 0.429. The van der Waals surface area contributed by atoms with E-state index in [-0.39, 0.29) is 18.8 Å². The molecule has 3 rings (SSSR count). The van der Waals surface area contributed by atoms with Gasteiger partial charge in [0.25, 0.3) is 0 Å². The molecule has 0 aromatic heterocycles. The van der Waals surface area contributed by atoms with Gasteiger partial charge < -0.3 is 19.8 Å². The Labute approximate surface area is 149 Å². The van der Waals surface area contributed by atoms with Crippen LogP contribution in [0, 0.1) is 0 Å². The molecule has 0 aliphatic carbocycles. The quantitative estimate of drug-likeness (QED) is 0.709. The van der Waals surface area contributed by atoms with Gasteiger partial charge in [0.05, 0.1) is 13.2 Å². The van der Waals surface area contributed by atoms with Crippen LogP contribution in [0.3, 0.4) is 0 Å². The Bertz CT molecular complexity index is 580. The molecular formula is C21H28NO3+. The number of quaternary nitrogens is 1. The number of likely N-dealkylation sites (tertiary alicyclic amines) is 1. The largest absolute Gasteiger partial charge is 0.387 e. The van der Waals surface area contributed by atoms with Crippen molar-refractivity contribution in [3.8, 4) is 0 Å². The zero-order valence-electron chi connectivity index (χ0n) is 14.6. The van der Waals surface area contributed by atoms with Crippen molar-refractivity contribution in [1.29, 1.82) is 0 Å². The van der Waals surface area contributed by atoms with Crippen molar-refractivity contribution < 1.29 is 19.8 Å². The topological polar surface area (TPSA) is 54.1 Å². The molecule has 25 heavy (non-hydrogen) atoms. The molecule has 0 radical (unpaired) electrons. The van der Waals surface area contributed by atoms with Gasteiger partial charge in [0.15, 0.2) is 0 Å². The minimum absolute atomic E-state index is 0.181. The van der Waals surface area contributed by atoms with E-state index in [2.05, 4.69) is 24.3 Å². The molecule has 1 heterocycles. The van der Waals surface area contributed by atoms with Crippen LogP contribution < -0.4 is 4.90 Å². The number of rotatable bonds is 7. The van der Waals surface area contributed by atoms with Crippen LogP contribution in [0.15, 0.2) is 60.7 Å². The molecule has 1 aliphatic heterocycles. The first kappa shape index (κ1) is 18.1. The average Bonchev–Trinajstić information content (AvgIpc) is 2.64. The summed E-state index contributed by atoms with van der Waals surface area (Å²) < 4.78 is 6.12. The Morgan fingerprint density at radius 1 is 1.00 bits per heavy atom. The molecular weight excluding hydrogens is 314 g/mol. The van der Waals surface area contributed by atoms with E-state index in [1.807, 2.05) is 36.4 Å². The molecule has 0 spiro atoms. The van der Waals surface area contributed by atoms with Gasteiger partial charge in [0, 0.05) is 0 Å². The smallest absolute Gasteiger partial charge is 0.126 e. The van der Waals surface area contributed by atoms with E-state index in [4.69, 9.17) is 4.74 Å². The lowest BCUT2D eigenvalue weighted by Gasteiger charge is -2.29. The van der Waals surface area contributed by atoms with Crippen molar-refractivity contribution in [3.63, 3.8) is 0 Å². The van der Waals surface area contributed by atoms with Gasteiger partial charge in [0.1, 0.15) is 31.4 Å². The van der Waals surface area contributed by atoms with E-state index in [0.717, 1.165) is 37.1 Å². The van der Waals surface area contributed by atoms with Crippen LogP contribution in [0.1, 0.15) is 30.1 Å². The standard InChI is InChI=1S/C21H27NO3/c23-19-12-7-13-22(14-19)15-20(24)16-25-21(17-8-3-1-4-9-17)18-10-5-2-6-11-18/h1-6,8-11,19-21,23-24H,7,12-16H2/p+1. The SMILES string of the molecule is OC1CCC[NH+](CC(O)COC(c2ccccc2)c2ccccc2)C1. The van der Waals surface area contributed by atoms with Gasteiger partial charge in [-0.2, -0.15) is 0 Å². The normalized spacial score (nSPS) is 22.0. The van der Waals surface area contributed by atoms with E-state index >= 15 is 0 Å². The number of benzene rings is 2. The summed E-state index contributed by atoms with van der Waals surface area (Å²) in [6.45, 7) is 2.63. The van der Waals surface area contributed by atoms with Gasteiger partial charge in [-0.15, -0.1) is 0 Å². The fourth-order valence-electron chi connectivity index (χ4n) is 3.55. The molecule has 3 N–H and O–H groups in total. The van der Waals surface area contributed by atoms with Gasteiger partial charge in [-0.25, -0.2) is 0 Å². The Hall–Kier alpha value is -1.72.